The van der Waals surface area contributed by atoms with Crippen LogP contribution in [0.15, 0.2) is 30.3 Å². The first-order valence-corrected chi connectivity index (χ1v) is 6.37. The SMILES string of the molecule is CC(NC(=O)Cc1nnnn1Cc1ccccc1)C(=O)O. The summed E-state index contributed by atoms with van der Waals surface area (Å²) in [6.07, 6.45) is -0.0720. The Morgan fingerprint density at radius 3 is 2.71 bits per heavy atom. The Balaban J connectivity index is 2.00. The lowest BCUT2D eigenvalue weighted by Gasteiger charge is -2.09. The predicted octanol–water partition coefficient (Wildman–Crippen LogP) is -0.147. The number of amides is 1. The number of benzene rings is 1. The van der Waals surface area contributed by atoms with Crippen LogP contribution >= 0.6 is 0 Å². The number of nitrogens with one attached hydrogen (secondary N) is 1. The smallest absolute Gasteiger partial charge is 0.325 e. The van der Waals surface area contributed by atoms with Gasteiger partial charge in [0.15, 0.2) is 5.82 Å². The highest BCUT2D eigenvalue weighted by atomic mass is 16.4. The maximum atomic E-state index is 11.7. The van der Waals surface area contributed by atoms with Gasteiger partial charge in [-0.1, -0.05) is 30.3 Å². The van der Waals surface area contributed by atoms with Crippen molar-refractivity contribution in [2.45, 2.75) is 25.9 Å². The molecule has 1 aromatic carbocycles. The number of rotatable bonds is 6. The fourth-order valence-electron chi connectivity index (χ4n) is 1.73. The molecule has 0 aliphatic carbocycles. The quantitative estimate of drug-likeness (QED) is 0.765. The minimum Gasteiger partial charge on any atom is -0.480 e. The van der Waals surface area contributed by atoms with Crippen molar-refractivity contribution in [1.29, 1.82) is 0 Å². The molecular weight excluding hydrogens is 274 g/mol. The van der Waals surface area contributed by atoms with Crippen molar-refractivity contribution < 1.29 is 14.7 Å². The number of carbonyl (C=O) groups excluding carboxylic acids is 1. The molecule has 0 bridgehead atoms. The zero-order valence-electron chi connectivity index (χ0n) is 11.4. The second-order valence-corrected chi connectivity index (χ2v) is 4.54. The van der Waals surface area contributed by atoms with Gasteiger partial charge in [-0.15, -0.1) is 5.10 Å². The van der Waals surface area contributed by atoms with Gasteiger partial charge in [0.1, 0.15) is 6.04 Å². The second kappa shape index (κ2) is 6.60. The summed E-state index contributed by atoms with van der Waals surface area (Å²) in [6, 6.07) is 8.62. The summed E-state index contributed by atoms with van der Waals surface area (Å²) in [6.45, 7) is 1.85. The fourth-order valence-corrected chi connectivity index (χ4v) is 1.73. The topological polar surface area (TPSA) is 110 Å². The molecule has 0 saturated carbocycles. The molecule has 0 fully saturated rings. The molecule has 1 aromatic heterocycles. The number of aromatic nitrogens is 4. The first-order valence-electron chi connectivity index (χ1n) is 6.37. The van der Waals surface area contributed by atoms with E-state index in [1.165, 1.54) is 11.6 Å². The summed E-state index contributed by atoms with van der Waals surface area (Å²) in [7, 11) is 0. The van der Waals surface area contributed by atoms with E-state index in [-0.39, 0.29) is 6.42 Å². The number of carboxylic acid groups (broad SMARTS) is 1. The molecule has 2 aromatic rings. The molecule has 1 atom stereocenters. The van der Waals surface area contributed by atoms with Crippen LogP contribution in [-0.2, 0) is 22.6 Å². The van der Waals surface area contributed by atoms with E-state index in [2.05, 4.69) is 20.8 Å². The van der Waals surface area contributed by atoms with Gasteiger partial charge in [0.25, 0.3) is 0 Å². The highest BCUT2D eigenvalue weighted by molar-refractivity contribution is 5.84. The molecule has 1 amide bonds. The predicted molar refractivity (Wildman–Crippen MR) is 72.3 cm³/mol. The van der Waals surface area contributed by atoms with E-state index in [4.69, 9.17) is 5.11 Å². The maximum absolute atomic E-state index is 11.7. The molecule has 0 aliphatic rings. The van der Waals surface area contributed by atoms with Crippen molar-refractivity contribution in [3.05, 3.63) is 41.7 Å². The minimum atomic E-state index is -1.09. The summed E-state index contributed by atoms with van der Waals surface area (Å²) in [5.74, 6) is -1.14. The number of nitrogens with zero attached hydrogens (tertiary/aromatic N) is 4. The van der Waals surface area contributed by atoms with Crippen molar-refractivity contribution in [1.82, 2.24) is 25.5 Å². The average Bonchev–Trinajstić information content (AvgIpc) is 2.86. The standard InChI is InChI=1S/C13H15N5O3/c1-9(13(20)21)14-12(19)7-11-15-16-17-18(11)8-10-5-3-2-4-6-10/h2-6,9H,7-8H2,1H3,(H,14,19)(H,20,21). The van der Waals surface area contributed by atoms with E-state index in [0.29, 0.717) is 12.4 Å². The van der Waals surface area contributed by atoms with Crippen molar-refractivity contribution in [3.63, 3.8) is 0 Å². The Bertz CT molecular complexity index is 626. The molecule has 110 valence electrons. The molecule has 1 unspecified atom stereocenters. The summed E-state index contributed by atoms with van der Waals surface area (Å²) in [5.41, 5.74) is 1.00. The number of tetrazole rings is 1. The van der Waals surface area contributed by atoms with Gasteiger partial charge in [-0.05, 0) is 22.9 Å². The Hall–Kier alpha value is -2.77. The van der Waals surface area contributed by atoms with E-state index in [1.807, 2.05) is 30.3 Å². The third-order valence-corrected chi connectivity index (χ3v) is 2.85. The lowest BCUT2D eigenvalue weighted by molar-refractivity contribution is -0.141. The van der Waals surface area contributed by atoms with Crippen molar-refractivity contribution in [2.75, 3.05) is 0 Å². The highest BCUT2D eigenvalue weighted by Crippen LogP contribution is 2.03. The first kappa shape index (κ1) is 14.6. The first-order chi connectivity index (χ1) is 10.1. The van der Waals surface area contributed by atoms with Crippen LogP contribution in [0.3, 0.4) is 0 Å². The van der Waals surface area contributed by atoms with Gasteiger partial charge in [-0.3, -0.25) is 9.59 Å². The molecule has 0 saturated heterocycles. The molecule has 0 radical (unpaired) electrons. The van der Waals surface area contributed by atoms with E-state index < -0.39 is 17.9 Å². The van der Waals surface area contributed by atoms with Crippen LogP contribution in [-0.4, -0.2) is 43.2 Å². The highest BCUT2D eigenvalue weighted by Gasteiger charge is 2.17. The molecule has 0 spiro atoms. The summed E-state index contributed by atoms with van der Waals surface area (Å²) in [4.78, 5) is 22.4. The van der Waals surface area contributed by atoms with Crippen LogP contribution in [0, 0.1) is 0 Å². The fraction of sp³-hybridized carbons (Fsp3) is 0.308. The molecule has 21 heavy (non-hydrogen) atoms. The number of hydrogen-bond acceptors (Lipinski definition) is 5. The summed E-state index contributed by atoms with van der Waals surface area (Å²) in [5, 5.41) is 22.3. The zero-order valence-corrected chi connectivity index (χ0v) is 11.4. The lowest BCUT2D eigenvalue weighted by atomic mass is 10.2. The number of carboxylic acids is 1. The third kappa shape index (κ3) is 4.10. The zero-order chi connectivity index (χ0) is 15.2. The minimum absolute atomic E-state index is 0.0720. The molecule has 1 heterocycles. The molecule has 2 N–H and O–H groups in total. The van der Waals surface area contributed by atoms with Gasteiger partial charge in [-0.2, -0.15) is 0 Å². The van der Waals surface area contributed by atoms with Gasteiger partial charge in [0.2, 0.25) is 5.91 Å². The number of hydrogen-bond donors (Lipinski definition) is 2. The van der Waals surface area contributed by atoms with E-state index >= 15 is 0 Å². The van der Waals surface area contributed by atoms with Crippen LogP contribution in [0.5, 0.6) is 0 Å². The Morgan fingerprint density at radius 2 is 2.05 bits per heavy atom. The van der Waals surface area contributed by atoms with Crippen LogP contribution < -0.4 is 5.32 Å². The van der Waals surface area contributed by atoms with Gasteiger partial charge in [0.05, 0.1) is 13.0 Å². The van der Waals surface area contributed by atoms with Gasteiger partial charge >= 0.3 is 5.97 Å². The Kier molecular flexibility index (Phi) is 4.60. The molecule has 8 nitrogen and oxygen atoms in total. The van der Waals surface area contributed by atoms with Gasteiger partial charge < -0.3 is 10.4 Å². The van der Waals surface area contributed by atoms with Crippen LogP contribution in [0.25, 0.3) is 0 Å². The molecular formula is C13H15N5O3. The summed E-state index contributed by atoms with van der Waals surface area (Å²) < 4.78 is 1.51. The van der Waals surface area contributed by atoms with Crippen molar-refractivity contribution in [2.24, 2.45) is 0 Å². The van der Waals surface area contributed by atoms with Gasteiger partial charge in [0, 0.05) is 0 Å². The molecule has 0 aliphatic heterocycles. The average molecular weight is 289 g/mol. The third-order valence-electron chi connectivity index (χ3n) is 2.85. The molecule has 8 heteroatoms. The van der Waals surface area contributed by atoms with E-state index in [0.717, 1.165) is 5.56 Å². The largest absolute Gasteiger partial charge is 0.480 e. The van der Waals surface area contributed by atoms with E-state index in [1.54, 1.807) is 0 Å². The van der Waals surface area contributed by atoms with E-state index in [9.17, 15) is 9.59 Å². The normalized spacial score (nSPS) is 11.9. The maximum Gasteiger partial charge on any atom is 0.325 e. The van der Waals surface area contributed by atoms with Crippen LogP contribution in [0.4, 0.5) is 0 Å². The van der Waals surface area contributed by atoms with Crippen molar-refractivity contribution in [3.8, 4) is 0 Å². The monoisotopic (exact) mass is 289 g/mol. The summed E-state index contributed by atoms with van der Waals surface area (Å²) >= 11 is 0. The van der Waals surface area contributed by atoms with Crippen LogP contribution in [0.1, 0.15) is 18.3 Å². The Morgan fingerprint density at radius 1 is 1.33 bits per heavy atom. The number of carbonyl (C=O) groups is 2. The molecule has 2 rings (SSSR count). The van der Waals surface area contributed by atoms with Crippen molar-refractivity contribution >= 4 is 11.9 Å². The van der Waals surface area contributed by atoms with Crippen LogP contribution in [0.2, 0.25) is 0 Å². The lowest BCUT2D eigenvalue weighted by Crippen LogP contribution is -2.39. The van der Waals surface area contributed by atoms with Gasteiger partial charge in [-0.25, -0.2) is 4.68 Å². The Labute approximate surface area is 120 Å². The number of aliphatic carboxylic acids is 1. The second-order valence-electron chi connectivity index (χ2n) is 4.54.